The zero-order valence-electron chi connectivity index (χ0n) is 22.5. The minimum absolute atomic E-state index is 0.0988. The Morgan fingerprint density at radius 2 is 1.68 bits per heavy atom. The molecule has 0 unspecified atom stereocenters. The fraction of sp³-hybridized carbons (Fsp3) is 0.379. The molecule has 0 bridgehead atoms. The van der Waals surface area contributed by atoms with Crippen LogP contribution in [0, 0.1) is 0 Å². The number of hydrogen-bond acceptors (Lipinski definition) is 5. The van der Waals surface area contributed by atoms with Gasteiger partial charge in [-0.15, -0.1) is 0 Å². The van der Waals surface area contributed by atoms with Gasteiger partial charge in [-0.25, -0.2) is 8.42 Å². The van der Waals surface area contributed by atoms with Crippen molar-refractivity contribution in [2.24, 2.45) is 0 Å². The maximum atomic E-state index is 13.5. The van der Waals surface area contributed by atoms with Gasteiger partial charge in [-0.05, 0) is 69.3 Å². The van der Waals surface area contributed by atoms with Gasteiger partial charge in [0.25, 0.3) is 10.0 Å². The van der Waals surface area contributed by atoms with Gasteiger partial charge in [0.1, 0.15) is 11.8 Å². The molecule has 0 spiro atoms. The lowest BCUT2D eigenvalue weighted by atomic mass is 10.1. The number of ether oxygens (including phenoxy) is 1. The summed E-state index contributed by atoms with van der Waals surface area (Å²) in [5, 5.41) is 4.54. The number of rotatable bonds is 9. The Labute approximate surface area is 224 Å². The van der Waals surface area contributed by atoms with Crippen LogP contribution in [-0.2, 0) is 26.2 Å². The van der Waals surface area contributed by atoms with Gasteiger partial charge in [0.05, 0.1) is 17.7 Å². The third kappa shape index (κ3) is 5.62. The van der Waals surface area contributed by atoms with E-state index in [2.05, 4.69) is 5.32 Å². The Kier molecular flexibility index (Phi) is 7.69. The molecule has 0 aromatic heterocycles. The molecular formula is C29H35N3O5S. The predicted octanol–water partition coefficient (Wildman–Crippen LogP) is 4.47. The SMILES string of the molecule is COc1ccc(CN(C(=O)CCCN2c3cccc4cccc(c34)S2(=O)=O)[C@@H](C)C(=O)NC(C)(C)C)cc1. The standard InChI is InChI=1S/C29H35N3O5S/c1-20(28(34)30-29(2,3)4)31(19-21-14-16-23(37-5)17-15-21)26(33)13-8-18-32-24-11-6-9-22-10-7-12-25(27(22)24)38(32,35)36/h6-7,9-12,14-17,20H,8,13,18-19H2,1-5H3,(H,30,34)/t20-/m0/s1. The first-order chi connectivity index (χ1) is 17.9. The smallest absolute Gasteiger partial charge is 0.265 e. The Morgan fingerprint density at radius 3 is 2.32 bits per heavy atom. The summed E-state index contributed by atoms with van der Waals surface area (Å²) in [5.41, 5.74) is 1.05. The van der Waals surface area contributed by atoms with Crippen LogP contribution < -0.4 is 14.4 Å². The number of anilines is 1. The second-order valence-corrected chi connectivity index (χ2v) is 12.4. The molecule has 3 aromatic rings. The van der Waals surface area contributed by atoms with E-state index >= 15 is 0 Å². The number of carbonyl (C=O) groups is 2. The highest BCUT2D eigenvalue weighted by Gasteiger charge is 2.35. The van der Waals surface area contributed by atoms with Crippen molar-refractivity contribution in [3.8, 4) is 5.75 Å². The first-order valence-corrected chi connectivity index (χ1v) is 14.2. The summed E-state index contributed by atoms with van der Waals surface area (Å²) in [6.45, 7) is 7.80. The monoisotopic (exact) mass is 537 g/mol. The van der Waals surface area contributed by atoms with Crippen molar-refractivity contribution in [3.63, 3.8) is 0 Å². The van der Waals surface area contributed by atoms with Crippen LogP contribution in [0.2, 0.25) is 0 Å². The number of methoxy groups -OCH3 is 1. The van der Waals surface area contributed by atoms with Gasteiger partial charge >= 0.3 is 0 Å². The predicted molar refractivity (Wildman–Crippen MR) is 149 cm³/mol. The minimum Gasteiger partial charge on any atom is -0.497 e. The summed E-state index contributed by atoms with van der Waals surface area (Å²) < 4.78 is 33.1. The van der Waals surface area contributed by atoms with E-state index in [4.69, 9.17) is 4.74 Å². The van der Waals surface area contributed by atoms with Crippen LogP contribution in [0.5, 0.6) is 5.75 Å². The number of hydrogen-bond donors (Lipinski definition) is 1. The summed E-state index contributed by atoms with van der Waals surface area (Å²) in [4.78, 5) is 28.3. The van der Waals surface area contributed by atoms with Gasteiger partial charge in [0.15, 0.2) is 0 Å². The van der Waals surface area contributed by atoms with Crippen LogP contribution in [0.4, 0.5) is 5.69 Å². The van der Waals surface area contributed by atoms with Crippen molar-refractivity contribution in [1.29, 1.82) is 0 Å². The van der Waals surface area contributed by atoms with Gasteiger partial charge in [-0.1, -0.05) is 36.4 Å². The zero-order chi connectivity index (χ0) is 27.7. The highest BCUT2D eigenvalue weighted by molar-refractivity contribution is 7.93. The Bertz CT molecular complexity index is 1440. The van der Waals surface area contributed by atoms with E-state index in [9.17, 15) is 18.0 Å². The largest absolute Gasteiger partial charge is 0.497 e. The molecule has 1 aliphatic heterocycles. The van der Waals surface area contributed by atoms with Gasteiger partial charge in [-0.2, -0.15) is 0 Å². The van der Waals surface area contributed by atoms with Gasteiger partial charge in [-0.3, -0.25) is 13.9 Å². The van der Waals surface area contributed by atoms with Crippen LogP contribution in [0.3, 0.4) is 0 Å². The molecule has 0 radical (unpaired) electrons. The van der Waals surface area contributed by atoms with Crippen LogP contribution in [0.15, 0.2) is 65.6 Å². The van der Waals surface area contributed by atoms with Crippen LogP contribution in [0.1, 0.15) is 46.1 Å². The molecule has 1 heterocycles. The number of amides is 2. The van der Waals surface area contributed by atoms with E-state index in [0.29, 0.717) is 22.8 Å². The summed E-state index contributed by atoms with van der Waals surface area (Å²) in [6, 6.07) is 17.4. The summed E-state index contributed by atoms with van der Waals surface area (Å²) >= 11 is 0. The highest BCUT2D eigenvalue weighted by Crippen LogP contribution is 2.42. The lowest BCUT2D eigenvalue weighted by Crippen LogP contribution is -2.52. The lowest BCUT2D eigenvalue weighted by molar-refractivity contribution is -0.141. The topological polar surface area (TPSA) is 96.0 Å². The molecule has 0 fully saturated rings. The number of benzene rings is 3. The normalized spacial score (nSPS) is 14.8. The van der Waals surface area contributed by atoms with E-state index in [0.717, 1.165) is 16.3 Å². The van der Waals surface area contributed by atoms with E-state index in [-0.39, 0.29) is 31.3 Å². The Morgan fingerprint density at radius 1 is 1.03 bits per heavy atom. The average molecular weight is 538 g/mol. The number of nitrogens with zero attached hydrogens (tertiary/aromatic N) is 2. The van der Waals surface area contributed by atoms with Crippen LogP contribution in [0.25, 0.3) is 10.8 Å². The third-order valence-corrected chi connectivity index (χ3v) is 8.47. The maximum absolute atomic E-state index is 13.5. The molecule has 1 aliphatic rings. The van der Waals surface area contributed by atoms with E-state index in [1.54, 1.807) is 37.1 Å². The second-order valence-electron chi connectivity index (χ2n) is 10.6. The number of nitrogens with one attached hydrogen (secondary N) is 1. The molecule has 38 heavy (non-hydrogen) atoms. The summed E-state index contributed by atoms with van der Waals surface area (Å²) in [7, 11) is -2.10. The molecule has 3 aromatic carbocycles. The Hall–Kier alpha value is -3.59. The molecule has 1 N–H and O–H groups in total. The number of carbonyl (C=O) groups excluding carboxylic acids is 2. The third-order valence-electron chi connectivity index (χ3n) is 6.61. The van der Waals surface area contributed by atoms with E-state index in [1.165, 1.54) is 4.31 Å². The quantitative estimate of drug-likeness (QED) is 0.435. The maximum Gasteiger partial charge on any atom is 0.265 e. The van der Waals surface area contributed by atoms with Crippen molar-refractivity contribution in [2.75, 3.05) is 18.0 Å². The average Bonchev–Trinajstić information content (AvgIpc) is 3.09. The summed E-state index contributed by atoms with van der Waals surface area (Å²) in [6.07, 6.45) is 0.413. The lowest BCUT2D eigenvalue weighted by Gasteiger charge is -2.31. The van der Waals surface area contributed by atoms with Crippen LogP contribution >= 0.6 is 0 Å². The molecule has 0 saturated heterocycles. The molecule has 2 amide bonds. The van der Waals surface area contributed by atoms with Crippen molar-refractivity contribution in [2.45, 2.75) is 63.6 Å². The van der Waals surface area contributed by atoms with Crippen LogP contribution in [-0.4, -0.2) is 50.4 Å². The molecule has 8 nitrogen and oxygen atoms in total. The molecule has 4 rings (SSSR count). The zero-order valence-corrected chi connectivity index (χ0v) is 23.3. The van der Waals surface area contributed by atoms with Gasteiger partial charge < -0.3 is 15.0 Å². The fourth-order valence-electron chi connectivity index (χ4n) is 4.70. The Balaban J connectivity index is 1.50. The molecule has 0 saturated carbocycles. The van der Waals surface area contributed by atoms with Crippen molar-refractivity contribution in [1.82, 2.24) is 10.2 Å². The second kappa shape index (κ2) is 10.6. The molecule has 0 aliphatic carbocycles. The van der Waals surface area contributed by atoms with E-state index < -0.39 is 21.6 Å². The minimum atomic E-state index is -3.69. The van der Waals surface area contributed by atoms with Crippen molar-refractivity contribution < 1.29 is 22.7 Å². The van der Waals surface area contributed by atoms with Gasteiger partial charge in [0.2, 0.25) is 11.8 Å². The van der Waals surface area contributed by atoms with Crippen molar-refractivity contribution in [3.05, 3.63) is 66.2 Å². The first-order valence-electron chi connectivity index (χ1n) is 12.7. The highest BCUT2D eigenvalue weighted by atomic mass is 32.2. The molecule has 9 heteroatoms. The van der Waals surface area contributed by atoms with Gasteiger partial charge in [0, 0.05) is 30.4 Å². The summed E-state index contributed by atoms with van der Waals surface area (Å²) in [5.74, 6) is 0.237. The molecule has 1 atom stereocenters. The van der Waals surface area contributed by atoms with Crippen molar-refractivity contribution >= 4 is 38.3 Å². The number of sulfonamides is 1. The molecular weight excluding hydrogens is 502 g/mol. The fourth-order valence-corrected chi connectivity index (χ4v) is 6.45. The van der Waals surface area contributed by atoms with E-state index in [1.807, 2.05) is 63.2 Å². The molecule has 202 valence electrons. The first kappa shape index (κ1) is 27.4.